The van der Waals surface area contributed by atoms with Gasteiger partial charge in [-0.15, -0.1) is 0 Å². The number of fused-ring (bicyclic) bond motifs is 5. The van der Waals surface area contributed by atoms with Gasteiger partial charge >= 0.3 is 0 Å². The van der Waals surface area contributed by atoms with E-state index in [0.717, 1.165) is 15.2 Å². The quantitative estimate of drug-likeness (QED) is 0.182. The van der Waals surface area contributed by atoms with Crippen LogP contribution >= 0.6 is 0 Å². The van der Waals surface area contributed by atoms with E-state index in [1.807, 2.05) is 0 Å². The van der Waals surface area contributed by atoms with Crippen LogP contribution in [-0.2, 0) is 4.43 Å². The summed E-state index contributed by atoms with van der Waals surface area (Å²) in [6, 6.07) is 24.3. The highest BCUT2D eigenvalue weighted by molar-refractivity contribution is 7.39. The largest absolute Gasteiger partial charge is 0.422 e. The summed E-state index contributed by atoms with van der Waals surface area (Å²) >= 11 is 0. The lowest BCUT2D eigenvalue weighted by atomic mass is 9.91. The van der Waals surface area contributed by atoms with Crippen LogP contribution in [0.5, 0.6) is 0 Å². The van der Waals surface area contributed by atoms with E-state index in [1.165, 1.54) is 65.8 Å². The summed E-state index contributed by atoms with van der Waals surface area (Å²) in [4.78, 5) is 0. The van der Waals surface area contributed by atoms with Gasteiger partial charge in [-0.3, -0.25) is 0 Å². The van der Waals surface area contributed by atoms with Gasteiger partial charge in [0.2, 0.25) is 9.28 Å². The molecule has 31 heavy (non-hydrogen) atoms. The highest BCUT2D eigenvalue weighted by atomic mass is 29.5. The molecule has 0 atom stereocenters. The van der Waals surface area contributed by atoms with Crippen LogP contribution < -0.4 is 5.19 Å². The molecule has 0 bridgehead atoms. The van der Waals surface area contributed by atoms with Crippen LogP contribution in [0.15, 0.2) is 60.7 Å². The smallest absolute Gasteiger partial charge is 0.203 e. The fourth-order valence-electron chi connectivity index (χ4n) is 5.13. The van der Waals surface area contributed by atoms with Crippen LogP contribution in [0.25, 0.3) is 43.1 Å². The third kappa shape index (κ3) is 3.04. The van der Waals surface area contributed by atoms with Crippen LogP contribution in [0.4, 0.5) is 0 Å². The van der Waals surface area contributed by atoms with Crippen molar-refractivity contribution in [3.05, 3.63) is 77.4 Å². The Morgan fingerprint density at radius 2 is 1.35 bits per heavy atom. The van der Waals surface area contributed by atoms with Crippen molar-refractivity contribution >= 4 is 74.4 Å². The zero-order chi connectivity index (χ0) is 21.1. The zero-order valence-corrected chi connectivity index (χ0v) is 21.1. The van der Waals surface area contributed by atoms with Crippen LogP contribution in [0, 0.1) is 20.8 Å². The Morgan fingerprint density at radius 1 is 0.677 bits per heavy atom. The van der Waals surface area contributed by atoms with Crippen molar-refractivity contribution in [2.45, 2.75) is 26.8 Å². The van der Waals surface area contributed by atoms with Gasteiger partial charge in [-0.2, -0.15) is 0 Å². The van der Waals surface area contributed by atoms with Crippen molar-refractivity contribution in [2.24, 2.45) is 0 Å². The maximum absolute atomic E-state index is 5.76. The van der Waals surface area contributed by atoms with Gasteiger partial charge < -0.3 is 4.43 Å². The minimum atomic E-state index is -0.559. The Balaban J connectivity index is 1.74. The molecule has 0 aromatic heterocycles. The molecule has 5 aromatic carbocycles. The van der Waals surface area contributed by atoms with Gasteiger partial charge in [-0.25, -0.2) is 0 Å². The number of rotatable bonds is 1. The van der Waals surface area contributed by atoms with Gasteiger partial charge in [0.25, 0.3) is 0 Å². The van der Waals surface area contributed by atoms with Gasteiger partial charge in [0, 0.05) is 6.61 Å². The molecule has 0 saturated carbocycles. The van der Waals surface area contributed by atoms with Crippen LogP contribution in [-0.4, -0.2) is 32.8 Å². The minimum absolute atomic E-state index is 0.559. The number of benzene rings is 5. The summed E-state index contributed by atoms with van der Waals surface area (Å²) in [5, 5.41) is 12.7. The van der Waals surface area contributed by atoms with Gasteiger partial charge in [-0.1, -0.05) is 41.6 Å². The van der Waals surface area contributed by atoms with Gasteiger partial charge in [0.05, 0.1) is 16.9 Å². The lowest BCUT2D eigenvalue weighted by Crippen LogP contribution is -2.46. The normalized spacial score (nSPS) is 15.5. The molecule has 1 aliphatic heterocycles. The summed E-state index contributed by atoms with van der Waals surface area (Å²) in [5.41, 5.74) is 4.45. The third-order valence-electron chi connectivity index (χ3n) is 7.04. The first-order valence-electron chi connectivity index (χ1n) is 10.9. The van der Waals surface area contributed by atoms with Crippen molar-refractivity contribution in [3.63, 3.8) is 0 Å². The summed E-state index contributed by atoms with van der Waals surface area (Å²) in [7, 11) is 1.11. The number of hydrogen-bond acceptors (Lipinski definition) is 1. The molecule has 0 amide bonds. The molecule has 0 N–H and O–H groups in total. The van der Waals surface area contributed by atoms with Crippen molar-refractivity contribution < 1.29 is 4.43 Å². The zero-order valence-electron chi connectivity index (χ0n) is 18.1. The molecule has 0 spiro atoms. The Bertz CT molecular complexity index is 1500. The van der Waals surface area contributed by atoms with Crippen LogP contribution in [0.1, 0.15) is 16.7 Å². The van der Waals surface area contributed by atoms with E-state index in [2.05, 4.69) is 81.4 Å². The average Bonchev–Trinajstić information content (AvgIpc) is 2.81. The standard InChI is InChI=1S/C27H23OSi3/c1-16-17(2)23-14-22-9-8-21-12-19-6-4-5-7-20(19)13-24(21)25(22)15-26(23)27(18(16)3)31-11-10-28-29-30-31/h4-9,12-15H,10-11H2,1-3H3. The van der Waals surface area contributed by atoms with E-state index in [4.69, 9.17) is 4.43 Å². The maximum atomic E-state index is 5.76. The van der Waals surface area contributed by atoms with E-state index in [-0.39, 0.29) is 0 Å². The molecular formula is C27H23OSi3. The van der Waals surface area contributed by atoms with Crippen molar-refractivity contribution in [2.75, 3.05) is 6.61 Å². The van der Waals surface area contributed by atoms with Crippen molar-refractivity contribution in [1.29, 1.82) is 0 Å². The molecule has 0 unspecified atom stereocenters. The van der Waals surface area contributed by atoms with Gasteiger partial charge in [0.1, 0.15) is 0 Å². The second-order valence-corrected chi connectivity index (χ2v) is 16.8. The summed E-state index contributed by atoms with van der Waals surface area (Å²) in [6.45, 7) is 7.92. The molecule has 5 aromatic rings. The summed E-state index contributed by atoms with van der Waals surface area (Å²) in [5.74, 6) is 0. The highest BCUT2D eigenvalue weighted by Gasteiger charge is 2.25. The monoisotopic (exact) mass is 447 g/mol. The van der Waals surface area contributed by atoms with Crippen molar-refractivity contribution in [3.8, 4) is 0 Å². The molecule has 1 nitrogen and oxygen atoms in total. The van der Waals surface area contributed by atoms with E-state index >= 15 is 0 Å². The first-order chi connectivity index (χ1) is 15.1. The molecule has 4 heteroatoms. The predicted octanol–water partition coefficient (Wildman–Crippen LogP) is 5.69. The van der Waals surface area contributed by atoms with Crippen molar-refractivity contribution in [1.82, 2.24) is 0 Å². The maximum Gasteiger partial charge on any atom is 0.203 e. The lowest BCUT2D eigenvalue weighted by Gasteiger charge is -2.25. The van der Waals surface area contributed by atoms with Crippen LogP contribution in [0.2, 0.25) is 6.04 Å². The fraction of sp³-hybridized carbons (Fsp3) is 0.185. The first-order valence-corrected chi connectivity index (χ1v) is 16.5. The van der Waals surface area contributed by atoms with E-state index in [1.54, 1.807) is 5.19 Å². The Hall–Kier alpha value is -2.25. The van der Waals surface area contributed by atoms with E-state index in [0.29, 0.717) is 9.28 Å². The second-order valence-electron chi connectivity index (χ2n) is 8.66. The van der Waals surface area contributed by atoms with Gasteiger partial charge in [-0.05, 0) is 111 Å². The average molecular weight is 448 g/mol. The molecule has 1 fully saturated rings. The molecule has 1 aliphatic rings. The number of hydrogen-bond donors (Lipinski definition) is 0. The molecule has 6 rings (SSSR count). The fourth-order valence-corrected chi connectivity index (χ4v) is 14.6. The minimum Gasteiger partial charge on any atom is -0.422 e. The van der Waals surface area contributed by atoms with Crippen LogP contribution in [0.3, 0.4) is 0 Å². The second kappa shape index (κ2) is 7.41. The summed E-state index contributed by atoms with van der Waals surface area (Å²) < 4.78 is 5.76. The SMILES string of the molecule is Cc1c(C)c([Si]2CCO[Si][Si]2)c2cc3c(ccc4cc5ccccc5cc43)cc2c1C. The molecule has 1 saturated heterocycles. The lowest BCUT2D eigenvalue weighted by molar-refractivity contribution is 0.367. The van der Waals surface area contributed by atoms with Gasteiger partial charge in [0.15, 0.2) is 0 Å². The number of aryl methyl sites for hydroxylation is 1. The summed E-state index contributed by atoms with van der Waals surface area (Å²) in [6.07, 6.45) is 0. The molecule has 1 heterocycles. The Kier molecular flexibility index (Phi) is 4.65. The third-order valence-corrected chi connectivity index (χ3v) is 16.5. The molecule has 5 radical (unpaired) electrons. The first kappa shape index (κ1) is 19.4. The van der Waals surface area contributed by atoms with E-state index < -0.39 is 8.31 Å². The van der Waals surface area contributed by atoms with E-state index in [9.17, 15) is 0 Å². The Morgan fingerprint density at radius 3 is 2.10 bits per heavy atom. The molecular weight excluding hydrogens is 425 g/mol. The predicted molar refractivity (Wildman–Crippen MR) is 138 cm³/mol. The Labute approximate surface area is 189 Å². The topological polar surface area (TPSA) is 9.23 Å². The molecule has 0 aliphatic carbocycles. The molecule has 149 valence electrons. The highest BCUT2D eigenvalue weighted by Crippen LogP contribution is 2.34.